The molecule has 0 unspecified atom stereocenters. The van der Waals surface area contributed by atoms with Crippen LogP contribution in [-0.4, -0.2) is 25.7 Å². The van der Waals surface area contributed by atoms with Gasteiger partial charge in [0.2, 0.25) is 10.0 Å². The number of aromatic amines is 1. The summed E-state index contributed by atoms with van der Waals surface area (Å²) in [5, 5.41) is 8.80. The van der Waals surface area contributed by atoms with Gasteiger partial charge in [0.05, 0.1) is 5.75 Å². The Bertz CT molecular complexity index is 733. The van der Waals surface area contributed by atoms with Crippen molar-refractivity contribution >= 4 is 15.8 Å². The molecule has 0 saturated heterocycles. The largest absolute Gasteiger partial charge is 0.316 e. The molecule has 1 aromatic heterocycles. The zero-order valence-corrected chi connectivity index (χ0v) is 12.3. The van der Waals surface area contributed by atoms with Crippen molar-refractivity contribution in [2.45, 2.75) is 12.3 Å². The fourth-order valence-corrected chi connectivity index (χ4v) is 2.91. The third-order valence-corrected chi connectivity index (χ3v) is 3.93. The lowest BCUT2D eigenvalue weighted by Crippen LogP contribution is -2.18. The summed E-state index contributed by atoms with van der Waals surface area (Å²) in [7, 11) is -1.73. The summed E-state index contributed by atoms with van der Waals surface area (Å²) in [5.41, 5.74) is 1.36. The number of sulfonamides is 1. The van der Waals surface area contributed by atoms with Crippen LogP contribution in [0.5, 0.6) is 0 Å². The molecule has 0 bridgehead atoms. The number of hydrogen-bond donors (Lipinski definition) is 3. The molecule has 0 aliphatic carbocycles. The average molecular weight is 308 g/mol. The van der Waals surface area contributed by atoms with Crippen LogP contribution in [-0.2, 0) is 22.3 Å². The van der Waals surface area contributed by atoms with Gasteiger partial charge in [0, 0.05) is 12.6 Å². The summed E-state index contributed by atoms with van der Waals surface area (Å²) >= 11 is 0. The first-order valence-electron chi connectivity index (χ1n) is 6.27. The van der Waals surface area contributed by atoms with E-state index in [9.17, 15) is 13.2 Å². The predicted molar refractivity (Wildman–Crippen MR) is 80.3 cm³/mol. The molecule has 0 aliphatic heterocycles. The Labute approximate surface area is 122 Å². The van der Waals surface area contributed by atoms with Crippen molar-refractivity contribution in [2.24, 2.45) is 0 Å². The van der Waals surface area contributed by atoms with Gasteiger partial charge in [-0.1, -0.05) is 24.3 Å². The number of nitrogens with zero attached hydrogens (tertiary/aromatic N) is 1. The lowest BCUT2D eigenvalue weighted by Gasteiger charge is -2.07. The van der Waals surface area contributed by atoms with Crippen molar-refractivity contribution in [3.8, 4) is 0 Å². The Hall–Kier alpha value is -2.19. The van der Waals surface area contributed by atoms with Crippen molar-refractivity contribution in [1.29, 1.82) is 0 Å². The summed E-state index contributed by atoms with van der Waals surface area (Å²) in [6.07, 6.45) is 0. The van der Waals surface area contributed by atoms with E-state index in [0.29, 0.717) is 5.56 Å². The number of H-pyrrole nitrogens is 1. The van der Waals surface area contributed by atoms with Crippen LogP contribution in [0.2, 0.25) is 0 Å². The molecule has 8 heteroatoms. The molecule has 0 spiro atoms. The van der Waals surface area contributed by atoms with Crippen molar-refractivity contribution in [1.82, 2.24) is 15.5 Å². The van der Waals surface area contributed by atoms with Crippen molar-refractivity contribution in [2.75, 3.05) is 11.8 Å². The van der Waals surface area contributed by atoms with E-state index >= 15 is 0 Å². The minimum atomic E-state index is -3.58. The van der Waals surface area contributed by atoms with E-state index < -0.39 is 15.6 Å². The molecule has 0 radical (unpaired) electrons. The summed E-state index contributed by atoms with van der Waals surface area (Å²) in [6, 6.07) is 9.81. The molecule has 0 saturated carbocycles. The van der Waals surface area contributed by atoms with E-state index in [4.69, 9.17) is 0 Å². The molecule has 112 valence electrons. The van der Waals surface area contributed by atoms with E-state index in [0.717, 1.165) is 12.1 Å². The van der Waals surface area contributed by atoms with E-state index in [1.54, 1.807) is 12.1 Å². The molecule has 3 N–H and O–H groups in total. The SMILES string of the molecule is CNCc1ccc(CS(=O)(=O)Nc2ccc(=O)[nH]n2)cc1. The highest BCUT2D eigenvalue weighted by Crippen LogP contribution is 2.10. The molecule has 0 amide bonds. The van der Waals surface area contributed by atoms with Gasteiger partial charge in [0.1, 0.15) is 0 Å². The first-order valence-corrected chi connectivity index (χ1v) is 7.92. The van der Waals surface area contributed by atoms with Gasteiger partial charge >= 0.3 is 0 Å². The fraction of sp³-hybridized carbons (Fsp3) is 0.231. The molecule has 2 aromatic rings. The van der Waals surface area contributed by atoms with Gasteiger partial charge in [-0.25, -0.2) is 13.5 Å². The quantitative estimate of drug-likeness (QED) is 0.718. The monoisotopic (exact) mass is 308 g/mol. The van der Waals surface area contributed by atoms with Gasteiger partial charge in [-0.05, 0) is 24.2 Å². The summed E-state index contributed by atoms with van der Waals surface area (Å²) in [4.78, 5) is 10.9. The van der Waals surface area contributed by atoms with E-state index in [1.165, 1.54) is 12.1 Å². The first kappa shape index (κ1) is 15.2. The number of hydrogen-bond acceptors (Lipinski definition) is 5. The molecule has 1 heterocycles. The second-order valence-electron chi connectivity index (χ2n) is 4.51. The molecule has 0 aliphatic rings. The maximum absolute atomic E-state index is 12.0. The minimum absolute atomic E-state index is 0.0846. The van der Waals surface area contributed by atoms with Crippen LogP contribution < -0.4 is 15.6 Å². The molecule has 7 nitrogen and oxygen atoms in total. The highest BCUT2D eigenvalue weighted by atomic mass is 32.2. The first-order chi connectivity index (χ1) is 9.98. The number of benzene rings is 1. The third-order valence-electron chi connectivity index (χ3n) is 2.70. The highest BCUT2D eigenvalue weighted by Gasteiger charge is 2.12. The van der Waals surface area contributed by atoms with Crippen LogP contribution in [0.3, 0.4) is 0 Å². The van der Waals surface area contributed by atoms with Crippen LogP contribution in [0.4, 0.5) is 5.82 Å². The molecule has 2 rings (SSSR count). The molecular weight excluding hydrogens is 292 g/mol. The molecular formula is C13H16N4O3S. The smallest absolute Gasteiger partial charge is 0.264 e. The second-order valence-corrected chi connectivity index (χ2v) is 6.24. The third kappa shape index (κ3) is 4.69. The Balaban J connectivity index is 2.06. The Morgan fingerprint density at radius 1 is 1.10 bits per heavy atom. The summed E-state index contributed by atoms with van der Waals surface area (Å²) < 4.78 is 26.3. The summed E-state index contributed by atoms with van der Waals surface area (Å²) in [5.74, 6) is -0.0745. The van der Waals surface area contributed by atoms with Crippen LogP contribution in [0.25, 0.3) is 0 Å². The normalized spacial score (nSPS) is 11.3. The number of aromatic nitrogens is 2. The number of nitrogens with one attached hydrogen (secondary N) is 3. The van der Waals surface area contributed by atoms with Gasteiger partial charge < -0.3 is 5.32 Å². The lowest BCUT2D eigenvalue weighted by molar-refractivity contribution is 0.600. The van der Waals surface area contributed by atoms with Gasteiger partial charge in [-0.2, -0.15) is 5.10 Å². The van der Waals surface area contributed by atoms with Crippen LogP contribution in [0.1, 0.15) is 11.1 Å². The van der Waals surface area contributed by atoms with E-state index in [2.05, 4.69) is 20.2 Å². The van der Waals surface area contributed by atoms with Gasteiger partial charge in [0.25, 0.3) is 5.56 Å². The van der Waals surface area contributed by atoms with Gasteiger partial charge in [-0.3, -0.25) is 9.52 Å². The molecule has 0 atom stereocenters. The van der Waals surface area contributed by atoms with E-state index in [1.807, 2.05) is 19.2 Å². The number of anilines is 1. The molecule has 21 heavy (non-hydrogen) atoms. The predicted octanol–water partition coefficient (Wildman–Crippen LogP) is 0.431. The molecule has 1 aromatic carbocycles. The van der Waals surface area contributed by atoms with Crippen LogP contribution in [0, 0.1) is 0 Å². The zero-order valence-electron chi connectivity index (χ0n) is 11.5. The zero-order chi connectivity index (χ0) is 15.3. The van der Waals surface area contributed by atoms with Crippen molar-refractivity contribution in [3.05, 3.63) is 57.9 Å². The van der Waals surface area contributed by atoms with Crippen molar-refractivity contribution in [3.63, 3.8) is 0 Å². The standard InChI is InChI=1S/C13H16N4O3S/c1-14-8-10-2-4-11(5-3-10)9-21(19,20)17-12-6-7-13(18)16-15-12/h2-7,14H,8-9H2,1H3,(H,15,17)(H,16,18). The topological polar surface area (TPSA) is 104 Å². The summed E-state index contributed by atoms with van der Waals surface area (Å²) in [6.45, 7) is 0.729. The molecule has 0 fully saturated rings. The van der Waals surface area contributed by atoms with Gasteiger partial charge in [-0.15, -0.1) is 0 Å². The maximum Gasteiger partial charge on any atom is 0.264 e. The Morgan fingerprint density at radius 3 is 2.33 bits per heavy atom. The number of rotatable bonds is 6. The Kier molecular flexibility index (Phi) is 4.71. The average Bonchev–Trinajstić information content (AvgIpc) is 2.43. The van der Waals surface area contributed by atoms with E-state index in [-0.39, 0.29) is 11.6 Å². The van der Waals surface area contributed by atoms with Crippen LogP contribution in [0.15, 0.2) is 41.2 Å². The minimum Gasteiger partial charge on any atom is -0.316 e. The lowest BCUT2D eigenvalue weighted by atomic mass is 10.1. The fourth-order valence-electron chi connectivity index (χ4n) is 1.77. The second kappa shape index (κ2) is 6.51. The Morgan fingerprint density at radius 2 is 1.76 bits per heavy atom. The van der Waals surface area contributed by atoms with Gasteiger partial charge in [0.15, 0.2) is 5.82 Å². The maximum atomic E-state index is 12.0. The highest BCUT2D eigenvalue weighted by molar-refractivity contribution is 7.91. The van der Waals surface area contributed by atoms with Crippen LogP contribution >= 0.6 is 0 Å². The van der Waals surface area contributed by atoms with Crippen molar-refractivity contribution < 1.29 is 8.42 Å².